The fraction of sp³-hybridized carbons (Fsp3) is 0.273. The van der Waals surface area contributed by atoms with Crippen LogP contribution in [0.4, 0.5) is 0 Å². The third-order valence-electron chi connectivity index (χ3n) is 2.78. The van der Waals surface area contributed by atoms with Gasteiger partial charge >= 0.3 is 5.97 Å². The number of carbonyl (C=O) groups is 1. The van der Waals surface area contributed by atoms with Crippen LogP contribution in [0.2, 0.25) is 0 Å². The standard InChI is InChI=1S/C11H9BrN2O2/c12-7-3-4-14-8(5-7)9(11(15)16)13-10(14)6-1-2-6/h3-6H,1-2H2,(H,15,16). The summed E-state index contributed by atoms with van der Waals surface area (Å²) in [4.78, 5) is 15.3. The largest absolute Gasteiger partial charge is 0.476 e. The first kappa shape index (κ1) is 9.84. The Morgan fingerprint density at radius 3 is 2.94 bits per heavy atom. The van der Waals surface area contributed by atoms with Crippen molar-refractivity contribution in [2.24, 2.45) is 0 Å². The number of nitrogens with zero attached hydrogens (tertiary/aromatic N) is 2. The zero-order valence-electron chi connectivity index (χ0n) is 8.35. The molecule has 4 nitrogen and oxygen atoms in total. The van der Waals surface area contributed by atoms with Gasteiger partial charge in [0.25, 0.3) is 0 Å². The number of halogens is 1. The second-order valence-electron chi connectivity index (χ2n) is 4.00. The van der Waals surface area contributed by atoms with Crippen LogP contribution in [0.1, 0.15) is 35.1 Å². The highest BCUT2D eigenvalue weighted by molar-refractivity contribution is 9.10. The molecule has 0 bridgehead atoms. The van der Waals surface area contributed by atoms with E-state index in [0.717, 1.165) is 23.1 Å². The fourth-order valence-electron chi connectivity index (χ4n) is 1.87. The van der Waals surface area contributed by atoms with Gasteiger partial charge in [-0.3, -0.25) is 0 Å². The van der Waals surface area contributed by atoms with Crippen LogP contribution >= 0.6 is 15.9 Å². The molecular weight excluding hydrogens is 272 g/mol. The second-order valence-corrected chi connectivity index (χ2v) is 4.91. The monoisotopic (exact) mass is 280 g/mol. The number of aromatic carboxylic acids is 1. The second kappa shape index (κ2) is 3.31. The minimum Gasteiger partial charge on any atom is -0.476 e. The Hall–Kier alpha value is -1.36. The van der Waals surface area contributed by atoms with Gasteiger partial charge in [0.15, 0.2) is 5.69 Å². The van der Waals surface area contributed by atoms with E-state index in [1.165, 1.54) is 0 Å². The average Bonchev–Trinajstić information content (AvgIpc) is 2.99. The molecule has 0 radical (unpaired) electrons. The summed E-state index contributed by atoms with van der Waals surface area (Å²) < 4.78 is 2.75. The van der Waals surface area contributed by atoms with Crippen molar-refractivity contribution in [2.75, 3.05) is 0 Å². The number of imidazole rings is 1. The van der Waals surface area contributed by atoms with Crippen molar-refractivity contribution in [1.82, 2.24) is 9.38 Å². The first-order valence-electron chi connectivity index (χ1n) is 5.07. The van der Waals surface area contributed by atoms with Gasteiger partial charge in [-0.15, -0.1) is 0 Å². The molecule has 16 heavy (non-hydrogen) atoms. The highest BCUT2D eigenvalue weighted by atomic mass is 79.9. The molecule has 2 aromatic heterocycles. The summed E-state index contributed by atoms with van der Waals surface area (Å²) in [5.41, 5.74) is 0.798. The van der Waals surface area contributed by atoms with Gasteiger partial charge in [-0.05, 0) is 25.0 Å². The maximum absolute atomic E-state index is 11.1. The number of hydrogen-bond donors (Lipinski definition) is 1. The van der Waals surface area contributed by atoms with Crippen molar-refractivity contribution in [3.63, 3.8) is 0 Å². The Morgan fingerprint density at radius 2 is 2.31 bits per heavy atom. The minimum absolute atomic E-state index is 0.142. The van der Waals surface area contributed by atoms with E-state index in [-0.39, 0.29) is 5.69 Å². The van der Waals surface area contributed by atoms with Crippen LogP contribution < -0.4 is 0 Å². The summed E-state index contributed by atoms with van der Waals surface area (Å²) >= 11 is 3.34. The normalized spacial score (nSPS) is 15.6. The van der Waals surface area contributed by atoms with Gasteiger partial charge in [-0.25, -0.2) is 9.78 Å². The molecule has 3 rings (SSSR count). The maximum atomic E-state index is 11.1. The van der Waals surface area contributed by atoms with Crippen molar-refractivity contribution in [2.45, 2.75) is 18.8 Å². The predicted molar refractivity (Wildman–Crippen MR) is 61.8 cm³/mol. The Morgan fingerprint density at radius 1 is 1.56 bits per heavy atom. The molecule has 0 aliphatic heterocycles. The molecule has 5 heteroatoms. The summed E-state index contributed by atoms with van der Waals surface area (Å²) in [5.74, 6) is 0.337. The van der Waals surface area contributed by atoms with Crippen LogP contribution in [-0.2, 0) is 0 Å². The van der Waals surface area contributed by atoms with E-state index in [1.807, 2.05) is 16.7 Å². The van der Waals surface area contributed by atoms with Crippen molar-refractivity contribution in [3.8, 4) is 0 Å². The number of carboxylic acid groups (broad SMARTS) is 1. The number of fused-ring (bicyclic) bond motifs is 1. The molecule has 2 heterocycles. The third-order valence-corrected chi connectivity index (χ3v) is 3.27. The Labute approximate surface area is 100 Å². The fourth-order valence-corrected chi connectivity index (χ4v) is 2.20. The lowest BCUT2D eigenvalue weighted by Crippen LogP contribution is -1.97. The van der Waals surface area contributed by atoms with Crippen LogP contribution in [0.5, 0.6) is 0 Å². The summed E-state index contributed by atoms with van der Waals surface area (Å²) in [7, 11) is 0. The van der Waals surface area contributed by atoms with E-state index >= 15 is 0 Å². The van der Waals surface area contributed by atoms with Crippen molar-refractivity contribution < 1.29 is 9.90 Å². The molecular formula is C11H9BrN2O2. The van der Waals surface area contributed by atoms with Crippen LogP contribution in [-0.4, -0.2) is 20.5 Å². The molecule has 0 aromatic carbocycles. The number of pyridine rings is 1. The third kappa shape index (κ3) is 1.43. The van der Waals surface area contributed by atoms with Gasteiger partial charge in [-0.2, -0.15) is 0 Å². The van der Waals surface area contributed by atoms with Gasteiger partial charge in [0.05, 0.1) is 5.52 Å². The summed E-state index contributed by atoms with van der Waals surface area (Å²) in [5, 5.41) is 9.10. The average molecular weight is 281 g/mol. The van der Waals surface area contributed by atoms with Gasteiger partial charge in [0.1, 0.15) is 5.82 Å². The van der Waals surface area contributed by atoms with Crippen LogP contribution in [0.3, 0.4) is 0 Å². The first-order valence-corrected chi connectivity index (χ1v) is 5.87. The molecule has 1 aliphatic carbocycles. The highest BCUT2D eigenvalue weighted by Crippen LogP contribution is 2.40. The lowest BCUT2D eigenvalue weighted by molar-refractivity contribution is 0.0693. The zero-order valence-corrected chi connectivity index (χ0v) is 9.94. The van der Waals surface area contributed by atoms with Crippen LogP contribution in [0, 0.1) is 0 Å². The number of rotatable bonds is 2. The molecule has 0 spiro atoms. The number of aromatic nitrogens is 2. The van der Waals surface area contributed by atoms with Crippen LogP contribution in [0.15, 0.2) is 22.8 Å². The summed E-state index contributed by atoms with van der Waals surface area (Å²) in [6, 6.07) is 3.69. The van der Waals surface area contributed by atoms with Crippen molar-refractivity contribution >= 4 is 27.4 Å². The Bertz CT molecular complexity index is 587. The number of carboxylic acids is 1. The predicted octanol–water partition coefficient (Wildman–Crippen LogP) is 2.67. The van der Waals surface area contributed by atoms with E-state index < -0.39 is 5.97 Å². The van der Waals surface area contributed by atoms with E-state index in [9.17, 15) is 4.79 Å². The SMILES string of the molecule is O=C(O)c1nc(C2CC2)n2ccc(Br)cc12. The molecule has 0 saturated heterocycles. The smallest absolute Gasteiger partial charge is 0.356 e. The zero-order chi connectivity index (χ0) is 11.3. The maximum Gasteiger partial charge on any atom is 0.356 e. The molecule has 1 saturated carbocycles. The summed E-state index contributed by atoms with van der Waals surface area (Å²) in [6.07, 6.45) is 4.08. The molecule has 1 fully saturated rings. The molecule has 0 atom stereocenters. The van der Waals surface area contributed by atoms with E-state index in [2.05, 4.69) is 20.9 Å². The highest BCUT2D eigenvalue weighted by Gasteiger charge is 2.30. The topological polar surface area (TPSA) is 54.6 Å². The minimum atomic E-state index is -0.970. The molecule has 0 amide bonds. The van der Waals surface area contributed by atoms with E-state index in [0.29, 0.717) is 11.4 Å². The van der Waals surface area contributed by atoms with Gasteiger partial charge in [-0.1, -0.05) is 15.9 Å². The van der Waals surface area contributed by atoms with Gasteiger partial charge in [0.2, 0.25) is 0 Å². The molecule has 0 unspecified atom stereocenters. The molecule has 82 valence electrons. The number of hydrogen-bond acceptors (Lipinski definition) is 2. The van der Waals surface area contributed by atoms with E-state index in [4.69, 9.17) is 5.11 Å². The quantitative estimate of drug-likeness (QED) is 0.920. The van der Waals surface area contributed by atoms with Gasteiger partial charge in [0, 0.05) is 16.6 Å². The van der Waals surface area contributed by atoms with Crippen molar-refractivity contribution in [3.05, 3.63) is 34.3 Å². The van der Waals surface area contributed by atoms with Gasteiger partial charge < -0.3 is 9.51 Å². The van der Waals surface area contributed by atoms with Crippen molar-refractivity contribution in [1.29, 1.82) is 0 Å². The lowest BCUT2D eigenvalue weighted by Gasteiger charge is -1.98. The summed E-state index contributed by atoms with van der Waals surface area (Å²) in [6.45, 7) is 0. The Kier molecular flexibility index (Phi) is 2.04. The van der Waals surface area contributed by atoms with E-state index in [1.54, 1.807) is 6.07 Å². The van der Waals surface area contributed by atoms with Crippen LogP contribution in [0.25, 0.3) is 5.52 Å². The first-order chi connectivity index (χ1) is 7.66. The molecule has 1 N–H and O–H groups in total. The molecule has 1 aliphatic rings. The molecule has 2 aromatic rings. The Balaban J connectivity index is 2.32. The lowest BCUT2D eigenvalue weighted by atomic mass is 10.3.